The van der Waals surface area contributed by atoms with Crippen molar-refractivity contribution in [3.8, 4) is 17.0 Å². The second kappa shape index (κ2) is 12.1. The Kier molecular flexibility index (Phi) is 8.90. The molecular formula is C25H25Cl2N5O2S2. The van der Waals surface area contributed by atoms with Gasteiger partial charge in [-0.15, -0.1) is 21.5 Å². The van der Waals surface area contributed by atoms with Crippen molar-refractivity contribution in [1.82, 2.24) is 19.7 Å². The Labute approximate surface area is 228 Å². The average molecular weight is 563 g/mol. The lowest BCUT2D eigenvalue weighted by Crippen LogP contribution is -2.14. The summed E-state index contributed by atoms with van der Waals surface area (Å²) in [7, 11) is 0. The van der Waals surface area contributed by atoms with E-state index in [1.54, 1.807) is 18.2 Å². The van der Waals surface area contributed by atoms with Gasteiger partial charge in [-0.1, -0.05) is 60.9 Å². The van der Waals surface area contributed by atoms with E-state index in [0.717, 1.165) is 11.3 Å². The normalized spacial score (nSPS) is 11.2. The highest BCUT2D eigenvalue weighted by molar-refractivity contribution is 7.99. The fourth-order valence-electron chi connectivity index (χ4n) is 3.38. The molecule has 36 heavy (non-hydrogen) atoms. The molecule has 0 radical (unpaired) electrons. The van der Waals surface area contributed by atoms with Crippen LogP contribution in [0.3, 0.4) is 0 Å². The van der Waals surface area contributed by atoms with Crippen molar-refractivity contribution < 1.29 is 9.53 Å². The fourth-order valence-corrected chi connectivity index (χ4v) is 5.44. The topological polar surface area (TPSA) is 81.9 Å². The molecule has 4 rings (SSSR count). The average Bonchev–Trinajstić information content (AvgIpc) is 3.48. The molecule has 0 aliphatic carbocycles. The van der Waals surface area contributed by atoms with E-state index in [0.29, 0.717) is 50.9 Å². The number of hydrogen-bond acceptors (Lipinski definition) is 7. The van der Waals surface area contributed by atoms with Gasteiger partial charge in [0.15, 0.2) is 16.1 Å². The van der Waals surface area contributed by atoms with Crippen molar-refractivity contribution in [2.24, 2.45) is 0 Å². The number of hydrogen-bond donors (Lipinski definition) is 1. The summed E-state index contributed by atoms with van der Waals surface area (Å²) in [6, 6.07) is 13.3. The maximum absolute atomic E-state index is 12.5. The van der Waals surface area contributed by atoms with Gasteiger partial charge in [0.2, 0.25) is 5.91 Å². The molecule has 1 N–H and O–H groups in total. The van der Waals surface area contributed by atoms with E-state index < -0.39 is 0 Å². The second-order valence-electron chi connectivity index (χ2n) is 8.15. The molecule has 188 valence electrons. The molecule has 7 nitrogen and oxygen atoms in total. The van der Waals surface area contributed by atoms with E-state index in [4.69, 9.17) is 27.9 Å². The number of carbonyl (C=O) groups excluding carboxylic acids is 1. The highest BCUT2D eigenvalue weighted by atomic mass is 35.5. The number of halogens is 2. The second-order valence-corrected chi connectivity index (χ2v) is 10.8. The van der Waals surface area contributed by atoms with Gasteiger partial charge in [-0.05, 0) is 48.7 Å². The van der Waals surface area contributed by atoms with Crippen LogP contribution >= 0.6 is 46.3 Å². The van der Waals surface area contributed by atoms with Gasteiger partial charge in [0.25, 0.3) is 0 Å². The van der Waals surface area contributed by atoms with Gasteiger partial charge in [-0.2, -0.15) is 0 Å². The molecule has 0 unspecified atom stereocenters. The van der Waals surface area contributed by atoms with Gasteiger partial charge in [0, 0.05) is 22.5 Å². The molecule has 2 aromatic heterocycles. The Morgan fingerprint density at radius 3 is 2.64 bits per heavy atom. The molecule has 0 fully saturated rings. The third-order valence-corrected chi connectivity index (χ3v) is 7.59. The van der Waals surface area contributed by atoms with Crippen LogP contribution in [0.5, 0.6) is 5.75 Å². The summed E-state index contributed by atoms with van der Waals surface area (Å²) in [5.41, 5.74) is 2.70. The molecule has 1 amide bonds. The number of thiazole rings is 1. The van der Waals surface area contributed by atoms with Crippen LogP contribution in [0.4, 0.5) is 5.13 Å². The Morgan fingerprint density at radius 1 is 1.17 bits per heavy atom. The molecule has 0 spiro atoms. The number of carbonyl (C=O) groups is 1. The zero-order chi connectivity index (χ0) is 25.7. The van der Waals surface area contributed by atoms with Crippen molar-refractivity contribution in [2.45, 2.75) is 45.0 Å². The van der Waals surface area contributed by atoms with E-state index >= 15 is 0 Å². The van der Waals surface area contributed by atoms with Crippen LogP contribution in [0.25, 0.3) is 11.3 Å². The molecule has 0 aliphatic rings. The lowest BCUT2D eigenvalue weighted by atomic mass is 10.0. The Balaban J connectivity index is 1.32. The third kappa shape index (κ3) is 6.59. The van der Waals surface area contributed by atoms with Crippen molar-refractivity contribution >= 4 is 57.3 Å². The molecule has 11 heteroatoms. The Bertz CT molecular complexity index is 1340. The molecule has 2 heterocycles. The minimum absolute atomic E-state index is 0.173. The summed E-state index contributed by atoms with van der Waals surface area (Å²) >= 11 is 14.9. The van der Waals surface area contributed by atoms with Gasteiger partial charge in [-0.3, -0.25) is 4.79 Å². The number of aromatic nitrogens is 4. The minimum atomic E-state index is -0.184. The molecule has 0 atom stereocenters. The lowest BCUT2D eigenvalue weighted by molar-refractivity contribution is -0.113. The summed E-state index contributed by atoms with van der Waals surface area (Å²) in [6.07, 6.45) is 0. The summed E-state index contributed by atoms with van der Waals surface area (Å²) in [6.45, 7) is 7.28. The van der Waals surface area contributed by atoms with Crippen molar-refractivity contribution in [2.75, 3.05) is 11.1 Å². The van der Waals surface area contributed by atoms with Crippen LogP contribution in [-0.2, 0) is 17.9 Å². The Morgan fingerprint density at radius 2 is 1.94 bits per heavy atom. The highest BCUT2D eigenvalue weighted by Crippen LogP contribution is 2.32. The van der Waals surface area contributed by atoms with E-state index in [-0.39, 0.29) is 11.7 Å². The number of benzene rings is 2. The standard InChI is InChI=1S/C25H25Cl2N5O2S2/c1-4-32-22(12-34-18-8-5-16(6-9-18)15(2)3)30-31-25(32)36-14-23(33)29-24-28-21(13-35-24)19-10-7-17(26)11-20(19)27/h5-11,13,15H,4,12,14H2,1-3H3,(H,28,29,33). The van der Waals surface area contributed by atoms with Gasteiger partial charge in [-0.25, -0.2) is 4.98 Å². The van der Waals surface area contributed by atoms with Crippen LogP contribution in [0.15, 0.2) is 53.0 Å². The summed E-state index contributed by atoms with van der Waals surface area (Å²) in [5, 5.41) is 15.4. The summed E-state index contributed by atoms with van der Waals surface area (Å²) in [5.74, 6) is 1.95. The largest absolute Gasteiger partial charge is 0.486 e. The first-order valence-corrected chi connectivity index (χ1v) is 13.9. The van der Waals surface area contributed by atoms with Crippen LogP contribution in [0, 0.1) is 0 Å². The number of nitrogens with one attached hydrogen (secondary N) is 1. The molecule has 0 saturated carbocycles. The van der Waals surface area contributed by atoms with Gasteiger partial charge >= 0.3 is 0 Å². The van der Waals surface area contributed by atoms with E-state index in [2.05, 4.69) is 46.5 Å². The molecule has 0 aliphatic heterocycles. The van der Waals surface area contributed by atoms with Gasteiger partial charge in [0.05, 0.1) is 16.5 Å². The summed E-state index contributed by atoms with van der Waals surface area (Å²) < 4.78 is 7.85. The predicted molar refractivity (Wildman–Crippen MR) is 147 cm³/mol. The molecule has 4 aromatic rings. The zero-order valence-electron chi connectivity index (χ0n) is 20.0. The van der Waals surface area contributed by atoms with Crippen molar-refractivity contribution in [1.29, 1.82) is 0 Å². The monoisotopic (exact) mass is 561 g/mol. The number of anilines is 1. The van der Waals surface area contributed by atoms with E-state index in [1.807, 2.05) is 29.0 Å². The smallest absolute Gasteiger partial charge is 0.236 e. The molecule has 0 bridgehead atoms. The lowest BCUT2D eigenvalue weighted by Gasteiger charge is -2.10. The van der Waals surface area contributed by atoms with E-state index in [9.17, 15) is 4.79 Å². The predicted octanol–water partition coefficient (Wildman–Crippen LogP) is 7.16. The van der Waals surface area contributed by atoms with E-state index in [1.165, 1.54) is 28.7 Å². The number of nitrogens with zero attached hydrogens (tertiary/aromatic N) is 4. The first-order valence-electron chi connectivity index (χ1n) is 11.3. The SMILES string of the molecule is CCn1c(COc2ccc(C(C)C)cc2)nnc1SCC(=O)Nc1nc(-c2ccc(Cl)cc2Cl)cs1. The first kappa shape index (κ1) is 26.5. The van der Waals surface area contributed by atoms with Gasteiger partial charge in [0.1, 0.15) is 12.4 Å². The van der Waals surface area contributed by atoms with Crippen molar-refractivity contribution in [3.63, 3.8) is 0 Å². The third-order valence-electron chi connectivity index (χ3n) is 5.31. The quantitative estimate of drug-likeness (QED) is 0.207. The van der Waals surface area contributed by atoms with Crippen molar-refractivity contribution in [3.05, 3.63) is 69.3 Å². The maximum atomic E-state index is 12.5. The number of amides is 1. The highest BCUT2D eigenvalue weighted by Gasteiger charge is 2.15. The van der Waals surface area contributed by atoms with Crippen LogP contribution in [0.2, 0.25) is 10.0 Å². The van der Waals surface area contributed by atoms with Crippen LogP contribution in [0.1, 0.15) is 38.1 Å². The summed E-state index contributed by atoms with van der Waals surface area (Å²) in [4.78, 5) is 17.0. The zero-order valence-corrected chi connectivity index (χ0v) is 23.1. The van der Waals surface area contributed by atoms with Gasteiger partial charge < -0.3 is 14.6 Å². The fraction of sp³-hybridized carbons (Fsp3) is 0.280. The number of thioether (sulfide) groups is 1. The number of rotatable bonds is 10. The minimum Gasteiger partial charge on any atom is -0.486 e. The maximum Gasteiger partial charge on any atom is 0.236 e. The molecule has 0 saturated heterocycles. The molecular weight excluding hydrogens is 537 g/mol. The van der Waals surface area contributed by atoms with Crippen LogP contribution in [-0.4, -0.2) is 31.4 Å². The Hall–Kier alpha value is -2.59. The molecule has 2 aromatic carbocycles. The number of ether oxygens (including phenoxy) is 1. The first-order chi connectivity index (χ1) is 17.3. The van der Waals surface area contributed by atoms with Crippen LogP contribution < -0.4 is 10.1 Å².